The SMILES string of the molecule is C/C=C(\C)C[Si](c1ccccc1)c1ccccc1.[CH3-].[CH3-].[Li+].[Zn]. The zero-order valence-electron chi connectivity index (χ0n) is 14.8. The molecule has 0 nitrogen and oxygen atoms in total. The summed E-state index contributed by atoms with van der Waals surface area (Å²) in [5.41, 5.74) is 1.48. The Morgan fingerprint density at radius 3 is 1.55 bits per heavy atom. The molecule has 0 spiro atoms. The summed E-state index contributed by atoms with van der Waals surface area (Å²) in [5.74, 6) is 0. The van der Waals surface area contributed by atoms with Gasteiger partial charge in [-0.25, -0.2) is 0 Å². The van der Waals surface area contributed by atoms with Gasteiger partial charge in [0.25, 0.3) is 0 Å². The van der Waals surface area contributed by atoms with E-state index in [1.165, 1.54) is 22.0 Å². The third-order valence-corrected chi connectivity index (χ3v) is 6.16. The summed E-state index contributed by atoms with van der Waals surface area (Å²) in [4.78, 5) is 0. The van der Waals surface area contributed by atoms with E-state index in [1.54, 1.807) is 0 Å². The van der Waals surface area contributed by atoms with Crippen molar-refractivity contribution >= 4 is 19.2 Å². The van der Waals surface area contributed by atoms with Gasteiger partial charge in [0.1, 0.15) is 8.80 Å². The van der Waals surface area contributed by atoms with Crippen LogP contribution in [0.25, 0.3) is 0 Å². The average molecular weight is 354 g/mol. The number of benzene rings is 2. The molecule has 22 heavy (non-hydrogen) atoms. The van der Waals surface area contributed by atoms with Crippen molar-refractivity contribution in [2.75, 3.05) is 0 Å². The molecular weight excluding hydrogens is 329 g/mol. The van der Waals surface area contributed by atoms with E-state index in [2.05, 4.69) is 80.6 Å². The second kappa shape index (κ2) is 14.2. The van der Waals surface area contributed by atoms with Gasteiger partial charge in [-0.15, -0.1) is 0 Å². The monoisotopic (exact) mass is 352 g/mol. The maximum atomic E-state index is 2.27. The van der Waals surface area contributed by atoms with E-state index in [-0.39, 0.29) is 53.2 Å². The fourth-order valence-electron chi connectivity index (χ4n) is 2.03. The van der Waals surface area contributed by atoms with Crippen molar-refractivity contribution in [3.63, 3.8) is 0 Å². The van der Waals surface area contributed by atoms with E-state index in [9.17, 15) is 0 Å². The third kappa shape index (κ3) is 7.75. The van der Waals surface area contributed by atoms with Gasteiger partial charge in [-0.05, 0) is 19.9 Å². The van der Waals surface area contributed by atoms with Crippen LogP contribution in [0.3, 0.4) is 0 Å². The van der Waals surface area contributed by atoms with Crippen LogP contribution in [-0.4, -0.2) is 8.80 Å². The topological polar surface area (TPSA) is 0 Å². The average Bonchev–Trinajstić information content (AvgIpc) is 2.46. The van der Waals surface area contributed by atoms with Crippen LogP contribution < -0.4 is 29.2 Å². The van der Waals surface area contributed by atoms with Crippen LogP contribution in [0.1, 0.15) is 13.8 Å². The maximum Gasteiger partial charge on any atom is 1.00 e. The van der Waals surface area contributed by atoms with Crippen LogP contribution in [0, 0.1) is 14.9 Å². The van der Waals surface area contributed by atoms with E-state index in [0.717, 1.165) is 0 Å². The van der Waals surface area contributed by atoms with Gasteiger partial charge in [0.15, 0.2) is 0 Å². The van der Waals surface area contributed by atoms with Crippen LogP contribution in [-0.2, 0) is 19.5 Å². The molecule has 0 N–H and O–H groups in total. The smallest absolute Gasteiger partial charge is 0.358 e. The first-order valence-electron chi connectivity index (χ1n) is 6.39. The quantitative estimate of drug-likeness (QED) is 0.440. The van der Waals surface area contributed by atoms with E-state index >= 15 is 0 Å². The van der Waals surface area contributed by atoms with E-state index in [4.69, 9.17) is 0 Å². The Morgan fingerprint density at radius 1 is 0.864 bits per heavy atom. The second-order valence-electron chi connectivity index (χ2n) is 4.52. The molecule has 0 aliphatic heterocycles. The summed E-state index contributed by atoms with van der Waals surface area (Å²) >= 11 is 0. The molecule has 0 aliphatic carbocycles. The number of hydrogen-bond acceptors (Lipinski definition) is 0. The van der Waals surface area contributed by atoms with Crippen molar-refractivity contribution in [2.24, 2.45) is 0 Å². The molecule has 2 aromatic rings. The third-order valence-electron chi connectivity index (χ3n) is 3.19. The Balaban J connectivity index is -0.000000902. The molecule has 0 atom stereocenters. The first kappa shape index (κ1) is 26.5. The number of rotatable bonds is 4. The van der Waals surface area contributed by atoms with Crippen LogP contribution in [0.2, 0.25) is 6.04 Å². The van der Waals surface area contributed by atoms with Crippen molar-refractivity contribution in [2.45, 2.75) is 19.9 Å². The number of allylic oxidation sites excluding steroid dienone is 2. The summed E-state index contributed by atoms with van der Waals surface area (Å²) in [6, 6.07) is 23.0. The van der Waals surface area contributed by atoms with E-state index < -0.39 is 8.80 Å². The molecule has 0 fully saturated rings. The Hall–Kier alpha value is -0.382. The van der Waals surface area contributed by atoms with E-state index in [0.29, 0.717) is 0 Å². The van der Waals surface area contributed by atoms with Gasteiger partial charge in [0.05, 0.1) is 0 Å². The molecule has 3 heteroatoms. The first-order chi connectivity index (χ1) is 8.81. The van der Waals surface area contributed by atoms with Gasteiger partial charge in [0.2, 0.25) is 0 Å². The Morgan fingerprint density at radius 2 is 1.23 bits per heavy atom. The largest absolute Gasteiger partial charge is 1.00 e. The molecule has 0 amide bonds. The summed E-state index contributed by atoms with van der Waals surface area (Å²) in [6.07, 6.45) is 2.23. The summed E-state index contributed by atoms with van der Waals surface area (Å²) in [6.45, 7) is 4.36. The Labute approximate surface area is 164 Å². The Kier molecular flexibility index (Phi) is 17.1. The molecule has 0 heterocycles. The zero-order chi connectivity index (χ0) is 12.8. The fraction of sp³-hybridized carbons (Fsp3) is 0.158. The van der Waals surface area contributed by atoms with Gasteiger partial charge in [-0.3, -0.25) is 0 Å². The molecule has 2 rings (SSSR count). The predicted molar refractivity (Wildman–Crippen MR) is 95.0 cm³/mol. The van der Waals surface area contributed by atoms with Crippen molar-refractivity contribution < 1.29 is 38.3 Å². The Bertz CT molecular complexity index is 472. The van der Waals surface area contributed by atoms with Gasteiger partial charge < -0.3 is 14.9 Å². The van der Waals surface area contributed by atoms with Crippen molar-refractivity contribution in [1.82, 2.24) is 0 Å². The fourth-order valence-corrected chi connectivity index (χ4v) is 4.72. The summed E-state index contributed by atoms with van der Waals surface area (Å²) < 4.78 is 0. The predicted octanol–water partition coefficient (Wildman–Crippen LogP) is 1.16. The van der Waals surface area contributed by atoms with Crippen LogP contribution >= 0.6 is 0 Å². The van der Waals surface area contributed by atoms with Crippen molar-refractivity contribution in [1.29, 1.82) is 0 Å². The molecule has 0 unspecified atom stereocenters. The van der Waals surface area contributed by atoms with Gasteiger partial charge in [0, 0.05) is 19.5 Å². The standard InChI is InChI=1S/C17H19Si.2CH3.Li.Zn/c1-3-15(2)14-18(16-10-6-4-7-11-16)17-12-8-5-9-13-17;;;;/h3-13H,14H2,1-2H3;2*1H3;;/q;2*-1;+1;/b15-3+;;;;. The van der Waals surface area contributed by atoms with Crippen molar-refractivity contribution in [3.05, 3.63) is 87.2 Å². The molecular formula is C19H25LiSiZn-. The molecule has 1 radical (unpaired) electrons. The summed E-state index contributed by atoms with van der Waals surface area (Å²) in [7, 11) is -0.679. The first-order valence-corrected chi connectivity index (χ1v) is 8.10. The number of hydrogen-bond donors (Lipinski definition) is 0. The van der Waals surface area contributed by atoms with Crippen LogP contribution in [0.5, 0.6) is 0 Å². The molecule has 109 valence electrons. The summed E-state index contributed by atoms with van der Waals surface area (Å²) in [5, 5.41) is 2.99. The molecule has 2 aromatic carbocycles. The minimum Gasteiger partial charge on any atom is -0.358 e. The zero-order valence-corrected chi connectivity index (χ0v) is 18.7. The molecule has 0 saturated heterocycles. The molecule has 0 aromatic heterocycles. The second-order valence-corrected chi connectivity index (χ2v) is 6.99. The van der Waals surface area contributed by atoms with Crippen LogP contribution in [0.15, 0.2) is 72.3 Å². The minimum atomic E-state index is -0.679. The normalized spacial score (nSPS) is 9.68. The van der Waals surface area contributed by atoms with Crippen molar-refractivity contribution in [3.8, 4) is 0 Å². The van der Waals surface area contributed by atoms with Gasteiger partial charge in [-0.1, -0.05) is 82.7 Å². The molecule has 0 aliphatic rings. The molecule has 0 saturated carbocycles. The van der Waals surface area contributed by atoms with Gasteiger partial charge in [-0.2, -0.15) is 0 Å². The van der Waals surface area contributed by atoms with E-state index in [1.807, 2.05) is 0 Å². The van der Waals surface area contributed by atoms with Gasteiger partial charge >= 0.3 is 18.9 Å². The van der Waals surface area contributed by atoms with Crippen LogP contribution in [0.4, 0.5) is 0 Å². The maximum absolute atomic E-state index is 2.27. The molecule has 0 bridgehead atoms. The minimum absolute atomic E-state index is 0.